The second-order valence-electron chi connectivity index (χ2n) is 6.08. The van der Waals surface area contributed by atoms with E-state index in [4.69, 9.17) is 9.47 Å². The Balaban J connectivity index is 1.76. The first kappa shape index (κ1) is 19.3. The van der Waals surface area contributed by atoms with Gasteiger partial charge in [0.15, 0.2) is 0 Å². The molecule has 1 N–H and O–H groups in total. The zero-order valence-corrected chi connectivity index (χ0v) is 16.4. The van der Waals surface area contributed by atoms with Gasteiger partial charge in [0.05, 0.1) is 18.2 Å². The van der Waals surface area contributed by atoms with Crippen molar-refractivity contribution in [1.29, 1.82) is 0 Å². The molecule has 4 nitrogen and oxygen atoms in total. The highest BCUT2D eigenvalue weighted by Gasteiger charge is 2.07. The summed E-state index contributed by atoms with van der Waals surface area (Å²) in [5, 5.41) is 2.86. The number of ether oxygens (including phenoxy) is 2. The molecule has 0 aromatic heterocycles. The molecule has 0 unspecified atom stereocenters. The van der Waals surface area contributed by atoms with Gasteiger partial charge in [-0.25, -0.2) is 0 Å². The van der Waals surface area contributed by atoms with Gasteiger partial charge in [0.2, 0.25) is 5.91 Å². The molecular formula is C20H24BrNO3. The van der Waals surface area contributed by atoms with Crippen LogP contribution in [-0.2, 0) is 4.79 Å². The maximum absolute atomic E-state index is 12.0. The van der Waals surface area contributed by atoms with E-state index in [1.165, 1.54) is 5.56 Å². The Morgan fingerprint density at radius 1 is 1.20 bits per heavy atom. The smallest absolute Gasteiger partial charge is 0.224 e. The molecule has 0 aliphatic rings. The summed E-state index contributed by atoms with van der Waals surface area (Å²) in [6, 6.07) is 13.4. The number of hydrogen-bond donors (Lipinski definition) is 1. The van der Waals surface area contributed by atoms with E-state index in [-0.39, 0.29) is 5.91 Å². The third kappa shape index (κ3) is 6.09. The van der Waals surface area contributed by atoms with Gasteiger partial charge in [-0.1, -0.05) is 26.0 Å². The van der Waals surface area contributed by atoms with Crippen LogP contribution in [0.4, 0.5) is 5.69 Å². The van der Waals surface area contributed by atoms with Crippen LogP contribution in [-0.4, -0.2) is 19.6 Å². The van der Waals surface area contributed by atoms with E-state index in [0.29, 0.717) is 25.4 Å². The SMILES string of the molecule is COc1cccc(NC(=O)CCCOc2ccc(C(C)C)cc2Br)c1. The van der Waals surface area contributed by atoms with Crippen molar-refractivity contribution in [3.8, 4) is 11.5 Å². The van der Waals surface area contributed by atoms with Gasteiger partial charge >= 0.3 is 0 Å². The van der Waals surface area contributed by atoms with Crippen LogP contribution < -0.4 is 14.8 Å². The molecule has 2 aromatic carbocycles. The van der Waals surface area contributed by atoms with Gasteiger partial charge in [0.1, 0.15) is 11.5 Å². The van der Waals surface area contributed by atoms with Crippen LogP contribution in [0.25, 0.3) is 0 Å². The summed E-state index contributed by atoms with van der Waals surface area (Å²) in [5.74, 6) is 1.96. The molecule has 5 heteroatoms. The standard InChI is InChI=1S/C20H24BrNO3/c1-14(2)15-9-10-19(18(21)12-15)25-11-5-8-20(23)22-16-6-4-7-17(13-16)24-3/h4,6-7,9-10,12-14H,5,8,11H2,1-3H3,(H,22,23). The van der Waals surface area contributed by atoms with Crippen molar-refractivity contribution in [2.24, 2.45) is 0 Å². The number of benzene rings is 2. The first-order valence-corrected chi connectivity index (χ1v) is 9.15. The predicted molar refractivity (Wildman–Crippen MR) is 105 cm³/mol. The summed E-state index contributed by atoms with van der Waals surface area (Å²) in [6.45, 7) is 4.80. The van der Waals surface area contributed by atoms with Crippen LogP contribution in [0.1, 0.15) is 38.2 Å². The topological polar surface area (TPSA) is 47.6 Å². The maximum atomic E-state index is 12.0. The molecule has 0 aliphatic carbocycles. The summed E-state index contributed by atoms with van der Waals surface area (Å²) >= 11 is 3.54. The van der Waals surface area contributed by atoms with Crippen LogP contribution >= 0.6 is 15.9 Å². The molecule has 25 heavy (non-hydrogen) atoms. The van der Waals surface area contributed by atoms with Crippen LogP contribution in [0.2, 0.25) is 0 Å². The zero-order valence-electron chi connectivity index (χ0n) is 14.8. The molecule has 2 aromatic rings. The first-order valence-electron chi connectivity index (χ1n) is 8.35. The van der Waals surface area contributed by atoms with Crippen molar-refractivity contribution < 1.29 is 14.3 Å². The second-order valence-corrected chi connectivity index (χ2v) is 6.93. The number of anilines is 1. The summed E-state index contributed by atoms with van der Waals surface area (Å²) in [7, 11) is 1.60. The zero-order chi connectivity index (χ0) is 18.2. The predicted octanol–water partition coefficient (Wildman–Crippen LogP) is 5.38. The lowest BCUT2D eigenvalue weighted by Crippen LogP contribution is -2.12. The molecule has 0 aliphatic heterocycles. The van der Waals surface area contributed by atoms with Gasteiger partial charge in [0.25, 0.3) is 0 Å². The van der Waals surface area contributed by atoms with Crippen LogP contribution in [0.5, 0.6) is 11.5 Å². The quantitative estimate of drug-likeness (QED) is 0.599. The number of carbonyl (C=O) groups excluding carboxylic acids is 1. The number of amides is 1. The Labute approximate surface area is 157 Å². The van der Waals surface area contributed by atoms with Crippen LogP contribution in [0.15, 0.2) is 46.9 Å². The third-order valence-corrected chi connectivity index (χ3v) is 4.40. The van der Waals surface area contributed by atoms with Crippen molar-refractivity contribution >= 4 is 27.5 Å². The Hall–Kier alpha value is -2.01. The summed E-state index contributed by atoms with van der Waals surface area (Å²) in [4.78, 5) is 12.0. The van der Waals surface area contributed by atoms with Gasteiger partial charge in [-0.05, 0) is 58.1 Å². The number of rotatable bonds is 8. The fourth-order valence-electron chi connectivity index (χ4n) is 2.33. The Morgan fingerprint density at radius 3 is 2.68 bits per heavy atom. The number of methoxy groups -OCH3 is 1. The largest absolute Gasteiger partial charge is 0.497 e. The number of hydrogen-bond acceptors (Lipinski definition) is 3. The minimum absolute atomic E-state index is 0.0360. The molecule has 134 valence electrons. The minimum atomic E-state index is -0.0360. The maximum Gasteiger partial charge on any atom is 0.224 e. The molecule has 0 atom stereocenters. The van der Waals surface area contributed by atoms with Gasteiger partial charge in [-0.3, -0.25) is 4.79 Å². The highest BCUT2D eigenvalue weighted by atomic mass is 79.9. The summed E-state index contributed by atoms with van der Waals surface area (Å²) < 4.78 is 11.8. The molecule has 0 radical (unpaired) electrons. The van der Waals surface area contributed by atoms with E-state index in [9.17, 15) is 4.79 Å². The monoisotopic (exact) mass is 405 g/mol. The average molecular weight is 406 g/mol. The number of halogens is 1. The summed E-state index contributed by atoms with van der Waals surface area (Å²) in [6.07, 6.45) is 1.05. The molecule has 0 saturated heterocycles. The van der Waals surface area contributed by atoms with E-state index >= 15 is 0 Å². The van der Waals surface area contributed by atoms with Crippen molar-refractivity contribution in [2.75, 3.05) is 19.0 Å². The summed E-state index contributed by atoms with van der Waals surface area (Å²) in [5.41, 5.74) is 1.99. The Bertz CT molecular complexity index is 716. The normalized spacial score (nSPS) is 10.6. The van der Waals surface area contributed by atoms with Crippen LogP contribution in [0.3, 0.4) is 0 Å². The van der Waals surface area contributed by atoms with Gasteiger partial charge < -0.3 is 14.8 Å². The highest BCUT2D eigenvalue weighted by Crippen LogP contribution is 2.29. The van der Waals surface area contributed by atoms with Crippen LogP contribution in [0, 0.1) is 0 Å². The fourth-order valence-corrected chi connectivity index (χ4v) is 2.84. The average Bonchev–Trinajstić information content (AvgIpc) is 2.59. The van der Waals surface area contributed by atoms with Gasteiger partial charge in [-0.2, -0.15) is 0 Å². The minimum Gasteiger partial charge on any atom is -0.497 e. The molecule has 0 spiro atoms. The Kier molecular flexibility index (Phi) is 7.31. The van der Waals surface area contributed by atoms with Crippen molar-refractivity contribution in [2.45, 2.75) is 32.6 Å². The molecule has 0 bridgehead atoms. The van der Waals surface area contributed by atoms with E-state index in [1.54, 1.807) is 13.2 Å². The van der Waals surface area contributed by atoms with E-state index in [0.717, 1.165) is 21.7 Å². The van der Waals surface area contributed by atoms with Crippen molar-refractivity contribution in [1.82, 2.24) is 0 Å². The molecule has 2 rings (SSSR count). The van der Waals surface area contributed by atoms with Gasteiger partial charge in [-0.15, -0.1) is 0 Å². The molecule has 0 heterocycles. The number of nitrogens with one attached hydrogen (secondary N) is 1. The lowest BCUT2D eigenvalue weighted by molar-refractivity contribution is -0.116. The van der Waals surface area contributed by atoms with Gasteiger partial charge in [0, 0.05) is 18.2 Å². The lowest BCUT2D eigenvalue weighted by Gasteiger charge is -2.11. The highest BCUT2D eigenvalue weighted by molar-refractivity contribution is 9.10. The van der Waals surface area contributed by atoms with Crippen molar-refractivity contribution in [3.63, 3.8) is 0 Å². The molecule has 0 fully saturated rings. The molecular weight excluding hydrogens is 382 g/mol. The van der Waals surface area contributed by atoms with E-state index in [2.05, 4.69) is 47.2 Å². The van der Waals surface area contributed by atoms with E-state index in [1.807, 2.05) is 24.3 Å². The first-order chi connectivity index (χ1) is 12.0. The molecule has 1 amide bonds. The fraction of sp³-hybridized carbons (Fsp3) is 0.350. The number of carbonyl (C=O) groups is 1. The Morgan fingerprint density at radius 2 is 2.00 bits per heavy atom. The van der Waals surface area contributed by atoms with Crippen molar-refractivity contribution in [3.05, 3.63) is 52.5 Å². The molecule has 0 saturated carbocycles. The second kappa shape index (κ2) is 9.47. The van der Waals surface area contributed by atoms with E-state index < -0.39 is 0 Å². The lowest BCUT2D eigenvalue weighted by atomic mass is 10.0. The third-order valence-electron chi connectivity index (χ3n) is 3.78.